The number of hydrogen-bond acceptors (Lipinski definition) is 7. The van der Waals surface area contributed by atoms with Crippen LogP contribution in [0.25, 0.3) is 22.2 Å². The summed E-state index contributed by atoms with van der Waals surface area (Å²) in [7, 11) is 1.64. The SMILES string of the molecule is Cc1ncc([C@H]2CN(c3cc4nc(C)n(C)c(=O)c4c(-c4ccc(Cl)cc4F)n3)CCO2)cn1. The van der Waals surface area contributed by atoms with Crippen molar-refractivity contribution in [2.24, 2.45) is 7.05 Å². The van der Waals surface area contributed by atoms with E-state index in [0.717, 1.165) is 5.56 Å². The monoisotopic (exact) mass is 480 g/mol. The number of hydrogen-bond donors (Lipinski definition) is 0. The van der Waals surface area contributed by atoms with Crippen LogP contribution in [0.4, 0.5) is 10.2 Å². The van der Waals surface area contributed by atoms with Crippen molar-refractivity contribution in [3.63, 3.8) is 0 Å². The van der Waals surface area contributed by atoms with E-state index in [1.807, 2.05) is 11.8 Å². The first-order valence-corrected chi connectivity index (χ1v) is 11.2. The Morgan fingerprint density at radius 1 is 1.15 bits per heavy atom. The number of morpholine rings is 1. The Morgan fingerprint density at radius 2 is 1.91 bits per heavy atom. The van der Waals surface area contributed by atoms with Gasteiger partial charge in [-0.1, -0.05) is 11.6 Å². The molecule has 10 heteroatoms. The molecule has 1 fully saturated rings. The molecule has 4 aromatic rings. The van der Waals surface area contributed by atoms with Crippen molar-refractivity contribution in [1.82, 2.24) is 24.5 Å². The molecule has 1 aliphatic rings. The molecule has 1 aromatic carbocycles. The smallest absolute Gasteiger partial charge is 0.263 e. The van der Waals surface area contributed by atoms with Gasteiger partial charge in [-0.05, 0) is 32.0 Å². The minimum absolute atomic E-state index is 0.191. The van der Waals surface area contributed by atoms with Gasteiger partial charge < -0.3 is 9.64 Å². The highest BCUT2D eigenvalue weighted by molar-refractivity contribution is 6.30. The van der Waals surface area contributed by atoms with Crippen LogP contribution in [0.2, 0.25) is 5.02 Å². The summed E-state index contributed by atoms with van der Waals surface area (Å²) in [5, 5.41) is 0.523. The topological polar surface area (TPSA) is 86.0 Å². The van der Waals surface area contributed by atoms with Crippen molar-refractivity contribution in [3.05, 3.63) is 75.1 Å². The number of nitrogens with zero attached hydrogens (tertiary/aromatic N) is 6. The summed E-state index contributed by atoms with van der Waals surface area (Å²) in [5.41, 5.74) is 1.45. The molecular weight excluding hydrogens is 459 g/mol. The fraction of sp³-hybridized carbons (Fsp3) is 0.292. The molecule has 1 atom stereocenters. The summed E-state index contributed by atoms with van der Waals surface area (Å²) >= 11 is 5.97. The molecule has 1 saturated heterocycles. The summed E-state index contributed by atoms with van der Waals surface area (Å²) in [6, 6.07) is 6.10. The molecule has 4 heterocycles. The summed E-state index contributed by atoms with van der Waals surface area (Å²) in [6.45, 7) is 5.12. The third-order valence-corrected chi connectivity index (χ3v) is 6.26. The van der Waals surface area contributed by atoms with Crippen molar-refractivity contribution in [2.45, 2.75) is 20.0 Å². The average Bonchev–Trinajstić information content (AvgIpc) is 2.82. The maximum Gasteiger partial charge on any atom is 0.263 e. The van der Waals surface area contributed by atoms with Crippen LogP contribution in [0.15, 0.2) is 41.5 Å². The average molecular weight is 481 g/mol. The van der Waals surface area contributed by atoms with Crippen LogP contribution in [-0.4, -0.2) is 44.2 Å². The molecule has 0 radical (unpaired) electrons. The first-order valence-electron chi connectivity index (χ1n) is 10.8. The van der Waals surface area contributed by atoms with E-state index in [4.69, 9.17) is 21.3 Å². The largest absolute Gasteiger partial charge is 0.370 e. The zero-order valence-corrected chi connectivity index (χ0v) is 19.7. The second-order valence-electron chi connectivity index (χ2n) is 8.24. The Hall–Kier alpha value is -3.43. The minimum atomic E-state index is -0.558. The van der Waals surface area contributed by atoms with Crippen LogP contribution in [0.5, 0.6) is 0 Å². The minimum Gasteiger partial charge on any atom is -0.370 e. The Morgan fingerprint density at radius 3 is 2.65 bits per heavy atom. The molecule has 8 nitrogen and oxygen atoms in total. The molecule has 0 amide bonds. The number of halogens is 2. The van der Waals surface area contributed by atoms with Crippen LogP contribution < -0.4 is 10.5 Å². The second-order valence-corrected chi connectivity index (χ2v) is 8.68. The van der Waals surface area contributed by atoms with E-state index >= 15 is 0 Å². The van der Waals surface area contributed by atoms with E-state index in [1.165, 1.54) is 16.7 Å². The number of aryl methyl sites for hydroxylation is 2. The summed E-state index contributed by atoms with van der Waals surface area (Å²) in [5.74, 6) is 1.26. The van der Waals surface area contributed by atoms with Gasteiger partial charge in [-0.15, -0.1) is 0 Å². The van der Waals surface area contributed by atoms with Gasteiger partial charge in [0, 0.05) is 54.7 Å². The van der Waals surface area contributed by atoms with Gasteiger partial charge >= 0.3 is 0 Å². The summed E-state index contributed by atoms with van der Waals surface area (Å²) in [6.07, 6.45) is 3.27. The number of benzene rings is 1. The van der Waals surface area contributed by atoms with E-state index in [2.05, 4.69) is 15.0 Å². The Balaban J connectivity index is 1.65. The molecule has 174 valence electrons. The molecule has 0 bridgehead atoms. The highest BCUT2D eigenvalue weighted by atomic mass is 35.5. The zero-order valence-electron chi connectivity index (χ0n) is 18.9. The lowest BCUT2D eigenvalue weighted by Gasteiger charge is -2.34. The maximum absolute atomic E-state index is 15.0. The fourth-order valence-electron chi connectivity index (χ4n) is 4.05. The van der Waals surface area contributed by atoms with Crippen molar-refractivity contribution in [2.75, 3.05) is 24.6 Å². The molecule has 0 unspecified atom stereocenters. The number of ether oxygens (including phenoxy) is 1. The van der Waals surface area contributed by atoms with Gasteiger partial charge in [0.25, 0.3) is 5.56 Å². The van der Waals surface area contributed by atoms with Crippen LogP contribution in [0.3, 0.4) is 0 Å². The van der Waals surface area contributed by atoms with Crippen molar-refractivity contribution >= 4 is 28.3 Å². The molecule has 0 spiro atoms. The number of fused-ring (bicyclic) bond motifs is 1. The van der Waals surface area contributed by atoms with Gasteiger partial charge in [-0.25, -0.2) is 24.3 Å². The number of pyridine rings is 1. The van der Waals surface area contributed by atoms with E-state index < -0.39 is 5.82 Å². The lowest BCUT2D eigenvalue weighted by atomic mass is 10.1. The van der Waals surface area contributed by atoms with Crippen LogP contribution in [-0.2, 0) is 11.8 Å². The zero-order chi connectivity index (χ0) is 24.0. The predicted molar refractivity (Wildman–Crippen MR) is 128 cm³/mol. The van der Waals surface area contributed by atoms with E-state index in [-0.39, 0.29) is 33.3 Å². The first kappa shape index (κ1) is 22.4. The normalized spacial score (nSPS) is 16.3. The van der Waals surface area contributed by atoms with Gasteiger partial charge in [-0.2, -0.15) is 0 Å². The lowest BCUT2D eigenvalue weighted by molar-refractivity contribution is 0.0391. The fourth-order valence-corrected chi connectivity index (χ4v) is 4.21. The Bertz CT molecular complexity index is 1460. The molecule has 5 rings (SSSR count). The number of anilines is 1. The molecule has 1 aliphatic heterocycles. The van der Waals surface area contributed by atoms with Gasteiger partial charge in [0.15, 0.2) is 0 Å². The van der Waals surface area contributed by atoms with Crippen LogP contribution in [0, 0.1) is 19.7 Å². The van der Waals surface area contributed by atoms with Crippen molar-refractivity contribution < 1.29 is 9.13 Å². The standard InChI is InChI=1S/C24H22ClFN6O2/c1-13-27-10-15(11-28-13)20-12-32(6-7-34-20)21-9-19-22(24(33)31(3)14(2)29-19)23(30-21)17-5-4-16(25)8-18(17)26/h4-5,8-11,20H,6-7,12H2,1-3H3/t20-/m1/s1. The summed E-state index contributed by atoms with van der Waals surface area (Å²) < 4.78 is 22.3. The van der Waals surface area contributed by atoms with Crippen molar-refractivity contribution in [3.8, 4) is 11.3 Å². The highest BCUT2D eigenvalue weighted by Gasteiger charge is 2.26. The third kappa shape index (κ3) is 4.01. The van der Waals surface area contributed by atoms with Gasteiger partial charge in [0.1, 0.15) is 29.4 Å². The molecule has 0 N–H and O–H groups in total. The Labute approximate surface area is 200 Å². The number of rotatable bonds is 3. The Kier molecular flexibility index (Phi) is 5.75. The molecule has 0 aliphatic carbocycles. The third-order valence-electron chi connectivity index (χ3n) is 6.02. The predicted octanol–water partition coefficient (Wildman–Crippen LogP) is 3.77. The number of aromatic nitrogens is 5. The first-order chi connectivity index (χ1) is 16.3. The van der Waals surface area contributed by atoms with Crippen molar-refractivity contribution in [1.29, 1.82) is 0 Å². The molecular formula is C24H22ClFN6O2. The lowest BCUT2D eigenvalue weighted by Crippen LogP contribution is -2.39. The van der Waals surface area contributed by atoms with E-state index in [9.17, 15) is 9.18 Å². The van der Waals surface area contributed by atoms with E-state index in [0.29, 0.717) is 42.7 Å². The van der Waals surface area contributed by atoms with Crippen LogP contribution >= 0.6 is 11.6 Å². The maximum atomic E-state index is 15.0. The quantitative estimate of drug-likeness (QED) is 0.441. The van der Waals surface area contributed by atoms with Gasteiger partial charge in [-0.3, -0.25) is 9.36 Å². The van der Waals surface area contributed by atoms with E-state index in [1.54, 1.807) is 38.5 Å². The van der Waals surface area contributed by atoms with Gasteiger partial charge in [0.05, 0.1) is 23.2 Å². The summed E-state index contributed by atoms with van der Waals surface area (Å²) in [4.78, 5) is 33.1. The second kappa shape index (κ2) is 8.73. The molecule has 0 saturated carbocycles. The van der Waals surface area contributed by atoms with Crippen LogP contribution in [0.1, 0.15) is 23.3 Å². The van der Waals surface area contributed by atoms with Gasteiger partial charge in [0.2, 0.25) is 0 Å². The highest BCUT2D eigenvalue weighted by Crippen LogP contribution is 2.32. The molecule has 3 aromatic heterocycles. The molecule has 34 heavy (non-hydrogen) atoms.